The summed E-state index contributed by atoms with van der Waals surface area (Å²) in [6.07, 6.45) is 4.41. The third-order valence-corrected chi connectivity index (χ3v) is 7.37. The van der Waals surface area contributed by atoms with E-state index in [0.29, 0.717) is 24.0 Å². The maximum absolute atomic E-state index is 14.5. The molecular weight excluding hydrogens is 483 g/mol. The molecule has 0 radical (unpaired) electrons. The van der Waals surface area contributed by atoms with E-state index in [1.807, 2.05) is 31.2 Å². The quantitative estimate of drug-likeness (QED) is 0.316. The predicted molar refractivity (Wildman–Crippen MR) is 143 cm³/mol. The molecule has 0 spiro atoms. The van der Waals surface area contributed by atoms with Gasteiger partial charge in [-0.1, -0.05) is 24.6 Å². The van der Waals surface area contributed by atoms with Crippen molar-refractivity contribution in [1.82, 2.24) is 20.5 Å². The molecule has 2 heterocycles. The number of hydrogen-bond acceptors (Lipinski definition) is 5. The lowest BCUT2D eigenvalue weighted by Crippen LogP contribution is -2.47. The van der Waals surface area contributed by atoms with Gasteiger partial charge in [-0.25, -0.2) is 4.39 Å². The van der Waals surface area contributed by atoms with Crippen LogP contribution in [0.25, 0.3) is 22.2 Å². The molecule has 0 saturated heterocycles. The molecule has 1 amide bonds. The maximum atomic E-state index is 14.5. The molecule has 0 aliphatic heterocycles. The first-order valence-corrected chi connectivity index (χ1v) is 13.0. The minimum absolute atomic E-state index is 0.222. The molecule has 38 heavy (non-hydrogen) atoms. The van der Waals surface area contributed by atoms with Gasteiger partial charge in [-0.05, 0) is 81.5 Å². The van der Waals surface area contributed by atoms with Crippen LogP contribution >= 0.6 is 0 Å². The molecule has 5 rings (SSSR count). The van der Waals surface area contributed by atoms with Gasteiger partial charge in [-0.3, -0.25) is 19.7 Å². The van der Waals surface area contributed by atoms with Crippen LogP contribution in [0.15, 0.2) is 60.8 Å². The van der Waals surface area contributed by atoms with Crippen molar-refractivity contribution in [3.8, 4) is 11.3 Å². The molecule has 196 valence electrons. The van der Waals surface area contributed by atoms with Gasteiger partial charge >= 0.3 is 5.97 Å². The van der Waals surface area contributed by atoms with Gasteiger partial charge in [0.05, 0.1) is 17.5 Å². The number of pyridine rings is 1. The second-order valence-electron chi connectivity index (χ2n) is 10.1. The first-order chi connectivity index (χ1) is 18.4. The predicted octanol–water partition coefficient (Wildman–Crippen LogP) is 5.54. The summed E-state index contributed by atoms with van der Waals surface area (Å²) in [5, 5.41) is 11.5. The van der Waals surface area contributed by atoms with Crippen LogP contribution in [0.1, 0.15) is 54.2 Å². The topological polar surface area (TPSA) is 97.0 Å². The number of aromatic amines is 1. The van der Waals surface area contributed by atoms with Gasteiger partial charge in [0.1, 0.15) is 11.5 Å². The van der Waals surface area contributed by atoms with Crippen molar-refractivity contribution in [2.24, 2.45) is 5.41 Å². The summed E-state index contributed by atoms with van der Waals surface area (Å²) >= 11 is 0. The Kier molecular flexibility index (Phi) is 7.22. The highest BCUT2D eigenvalue weighted by atomic mass is 19.1. The molecule has 0 bridgehead atoms. The van der Waals surface area contributed by atoms with E-state index in [4.69, 9.17) is 4.74 Å². The lowest BCUT2D eigenvalue weighted by atomic mass is 9.68. The smallest absolute Gasteiger partial charge is 0.312 e. The number of rotatable bonds is 7. The fourth-order valence-corrected chi connectivity index (χ4v) is 5.53. The molecule has 1 saturated carbocycles. The van der Waals surface area contributed by atoms with Gasteiger partial charge in [-0.15, -0.1) is 0 Å². The standard InChI is InChI=1S/C30H31FN4O3/c1-3-38-29(37)30(17-22-7-4-5-9-25(22)31)13-6-8-23(18-30)33-28(36)21-10-11-26-24(16-21)27(35-34-26)20-12-14-32-19(2)15-20/h4-5,7,9-12,14-16,23H,3,6,8,13,17-18H2,1-2H3,(H,33,36)(H,34,35). The lowest BCUT2D eigenvalue weighted by molar-refractivity contribution is -0.158. The summed E-state index contributed by atoms with van der Waals surface area (Å²) in [5.74, 6) is -0.893. The highest BCUT2D eigenvalue weighted by Crippen LogP contribution is 2.41. The fraction of sp³-hybridized carbons (Fsp3) is 0.333. The average molecular weight is 515 g/mol. The summed E-state index contributed by atoms with van der Waals surface area (Å²) in [7, 11) is 0. The molecule has 2 aromatic heterocycles. The minimum Gasteiger partial charge on any atom is -0.466 e. The molecular formula is C30H31FN4O3. The lowest BCUT2D eigenvalue weighted by Gasteiger charge is -2.39. The normalized spacial score (nSPS) is 19.3. The van der Waals surface area contributed by atoms with Gasteiger partial charge in [0.25, 0.3) is 5.91 Å². The number of aryl methyl sites for hydroxylation is 1. The van der Waals surface area contributed by atoms with E-state index in [1.165, 1.54) is 6.07 Å². The van der Waals surface area contributed by atoms with Gasteiger partial charge in [0.15, 0.2) is 0 Å². The van der Waals surface area contributed by atoms with Gasteiger partial charge in [0.2, 0.25) is 0 Å². The van der Waals surface area contributed by atoms with Crippen LogP contribution in [-0.4, -0.2) is 39.7 Å². The van der Waals surface area contributed by atoms with E-state index in [1.54, 1.807) is 37.4 Å². The molecule has 7 nitrogen and oxygen atoms in total. The number of esters is 1. The number of hydrogen-bond donors (Lipinski definition) is 2. The molecule has 1 aliphatic carbocycles. The average Bonchev–Trinajstić information content (AvgIpc) is 3.34. The molecule has 1 fully saturated rings. The highest BCUT2D eigenvalue weighted by molar-refractivity contribution is 6.01. The zero-order chi connectivity index (χ0) is 26.7. The maximum Gasteiger partial charge on any atom is 0.312 e. The Bertz CT molecular complexity index is 1480. The van der Waals surface area contributed by atoms with Crippen LogP contribution < -0.4 is 5.32 Å². The number of nitrogens with zero attached hydrogens (tertiary/aromatic N) is 2. The van der Waals surface area contributed by atoms with Crippen molar-refractivity contribution in [2.45, 2.75) is 52.0 Å². The van der Waals surface area contributed by atoms with Gasteiger partial charge in [-0.2, -0.15) is 5.10 Å². The fourth-order valence-electron chi connectivity index (χ4n) is 5.53. The summed E-state index contributed by atoms with van der Waals surface area (Å²) in [5.41, 5.74) is 3.48. The highest BCUT2D eigenvalue weighted by Gasteiger charge is 2.45. The monoisotopic (exact) mass is 514 g/mol. The molecule has 1 aliphatic rings. The molecule has 2 aromatic carbocycles. The Balaban J connectivity index is 1.38. The van der Waals surface area contributed by atoms with Crippen LogP contribution in [-0.2, 0) is 16.0 Å². The number of carbonyl (C=O) groups excluding carboxylic acids is 2. The third-order valence-electron chi connectivity index (χ3n) is 7.37. The van der Waals surface area contributed by atoms with Crippen LogP contribution in [0.4, 0.5) is 4.39 Å². The zero-order valence-corrected chi connectivity index (χ0v) is 21.6. The van der Waals surface area contributed by atoms with Crippen molar-refractivity contribution >= 4 is 22.8 Å². The molecule has 2 atom stereocenters. The van der Waals surface area contributed by atoms with E-state index in [-0.39, 0.29) is 36.8 Å². The van der Waals surface area contributed by atoms with E-state index in [0.717, 1.165) is 40.7 Å². The third kappa shape index (κ3) is 5.16. The van der Waals surface area contributed by atoms with Crippen LogP contribution in [0.3, 0.4) is 0 Å². The Hall–Kier alpha value is -4.07. The Labute approximate surface area is 220 Å². The first-order valence-electron chi connectivity index (χ1n) is 13.0. The van der Waals surface area contributed by atoms with Crippen molar-refractivity contribution in [3.63, 3.8) is 0 Å². The molecule has 4 aromatic rings. The number of H-pyrrole nitrogens is 1. The SMILES string of the molecule is CCOC(=O)C1(Cc2ccccc2F)CCCC(NC(=O)c2ccc3[nH]nc(-c4ccnc(C)c4)c3c2)C1. The molecule has 2 N–H and O–H groups in total. The number of fused-ring (bicyclic) bond motifs is 1. The number of carbonyl (C=O) groups is 2. The van der Waals surface area contributed by atoms with E-state index in [2.05, 4.69) is 20.5 Å². The van der Waals surface area contributed by atoms with Crippen LogP contribution in [0.5, 0.6) is 0 Å². The van der Waals surface area contributed by atoms with Crippen molar-refractivity contribution < 1.29 is 18.7 Å². The minimum atomic E-state index is -0.894. The largest absolute Gasteiger partial charge is 0.466 e. The zero-order valence-electron chi connectivity index (χ0n) is 21.6. The Morgan fingerprint density at radius 2 is 2.03 bits per heavy atom. The number of ether oxygens (including phenoxy) is 1. The van der Waals surface area contributed by atoms with Crippen molar-refractivity contribution in [2.75, 3.05) is 6.61 Å². The Morgan fingerprint density at radius 1 is 1.18 bits per heavy atom. The second kappa shape index (κ2) is 10.7. The van der Waals surface area contributed by atoms with Gasteiger partial charge < -0.3 is 10.1 Å². The van der Waals surface area contributed by atoms with Crippen LogP contribution in [0, 0.1) is 18.2 Å². The van der Waals surface area contributed by atoms with Gasteiger partial charge in [0, 0.05) is 34.4 Å². The number of halogens is 1. The summed E-state index contributed by atoms with van der Waals surface area (Å²) < 4.78 is 20.0. The van der Waals surface area contributed by atoms with E-state index >= 15 is 0 Å². The number of aromatic nitrogens is 3. The van der Waals surface area contributed by atoms with Crippen molar-refractivity contribution in [1.29, 1.82) is 0 Å². The van der Waals surface area contributed by atoms with Crippen LogP contribution in [0.2, 0.25) is 0 Å². The first kappa shape index (κ1) is 25.6. The number of benzene rings is 2. The molecule has 2 unspecified atom stereocenters. The van der Waals surface area contributed by atoms with E-state index < -0.39 is 5.41 Å². The summed E-state index contributed by atoms with van der Waals surface area (Å²) in [6.45, 7) is 3.94. The van der Waals surface area contributed by atoms with Crippen molar-refractivity contribution in [3.05, 3.63) is 83.4 Å². The Morgan fingerprint density at radius 3 is 2.82 bits per heavy atom. The summed E-state index contributed by atoms with van der Waals surface area (Å²) in [4.78, 5) is 30.8. The van der Waals surface area contributed by atoms with E-state index in [9.17, 15) is 14.0 Å². The number of amides is 1. The second-order valence-corrected chi connectivity index (χ2v) is 10.1. The molecule has 8 heteroatoms. The number of nitrogens with one attached hydrogen (secondary N) is 2. The summed E-state index contributed by atoms with van der Waals surface area (Å²) in [6, 6.07) is 15.6.